The number of thiazole rings is 1. The van der Waals surface area contributed by atoms with Crippen LogP contribution >= 0.6 is 11.3 Å². The number of piperidine rings is 1. The third kappa shape index (κ3) is 3.40. The Morgan fingerprint density at radius 2 is 2.13 bits per heavy atom. The maximum atomic E-state index is 10.9. The average Bonchev–Trinajstić information content (AvgIpc) is 3.03. The summed E-state index contributed by atoms with van der Waals surface area (Å²) in [6, 6.07) is 3.92. The average molecular weight is 332 g/mol. The van der Waals surface area contributed by atoms with Gasteiger partial charge in [-0.3, -0.25) is 4.79 Å². The van der Waals surface area contributed by atoms with E-state index in [1.807, 2.05) is 26.0 Å². The molecule has 3 heterocycles. The van der Waals surface area contributed by atoms with Crippen molar-refractivity contribution in [3.63, 3.8) is 0 Å². The zero-order valence-corrected chi connectivity index (χ0v) is 14.1. The van der Waals surface area contributed by atoms with E-state index < -0.39 is 5.60 Å². The minimum Gasteiger partial charge on any atom is -0.457 e. The Morgan fingerprint density at radius 3 is 2.74 bits per heavy atom. The second-order valence-electron chi connectivity index (χ2n) is 5.95. The van der Waals surface area contributed by atoms with Crippen LogP contribution in [0.5, 0.6) is 5.19 Å². The Labute approximate surface area is 139 Å². The molecular formula is C16H20N4O2S. The van der Waals surface area contributed by atoms with Gasteiger partial charge in [0.2, 0.25) is 0 Å². The Kier molecular flexibility index (Phi) is 4.68. The van der Waals surface area contributed by atoms with Crippen LogP contribution in [-0.2, 0) is 5.60 Å². The van der Waals surface area contributed by atoms with Crippen LogP contribution in [0.25, 0.3) is 0 Å². The second kappa shape index (κ2) is 6.72. The highest BCUT2D eigenvalue weighted by Crippen LogP contribution is 2.39. The van der Waals surface area contributed by atoms with Crippen LogP contribution in [-0.4, -0.2) is 34.6 Å². The van der Waals surface area contributed by atoms with Gasteiger partial charge in [0.1, 0.15) is 11.4 Å². The van der Waals surface area contributed by atoms with Gasteiger partial charge in [0, 0.05) is 11.3 Å². The summed E-state index contributed by atoms with van der Waals surface area (Å²) in [5.74, 6) is 0.310. The predicted octanol–water partition coefficient (Wildman–Crippen LogP) is 2.35. The highest BCUT2D eigenvalue weighted by molar-refractivity contribution is 7.11. The number of hydrogen-bond donors (Lipinski definition) is 1. The van der Waals surface area contributed by atoms with Crippen LogP contribution in [0.2, 0.25) is 0 Å². The number of nitrogens with one attached hydrogen (secondary N) is 1. The molecule has 122 valence electrons. The molecule has 1 unspecified atom stereocenters. The number of aromatic nitrogens is 3. The molecule has 1 N–H and O–H groups in total. The molecule has 1 aliphatic heterocycles. The maximum absolute atomic E-state index is 10.9. The van der Waals surface area contributed by atoms with Crippen molar-refractivity contribution < 1.29 is 9.53 Å². The topological polar surface area (TPSA) is 77.0 Å². The highest BCUT2D eigenvalue weighted by atomic mass is 32.1. The molecule has 0 aromatic carbocycles. The van der Waals surface area contributed by atoms with E-state index in [-0.39, 0.29) is 0 Å². The van der Waals surface area contributed by atoms with Crippen molar-refractivity contribution in [2.24, 2.45) is 5.92 Å². The molecule has 0 bridgehead atoms. The molecule has 1 fully saturated rings. The molecule has 0 saturated carbocycles. The minimum atomic E-state index is -0.610. The van der Waals surface area contributed by atoms with Gasteiger partial charge in [-0.15, -0.1) is 0 Å². The van der Waals surface area contributed by atoms with Crippen LogP contribution in [0.4, 0.5) is 0 Å². The summed E-state index contributed by atoms with van der Waals surface area (Å²) >= 11 is 1.33. The van der Waals surface area contributed by atoms with Gasteiger partial charge in [0.05, 0.1) is 5.69 Å². The number of nitrogens with zero attached hydrogens (tertiary/aromatic N) is 3. The molecule has 0 amide bonds. The first-order chi connectivity index (χ1) is 11.1. The van der Waals surface area contributed by atoms with Gasteiger partial charge in [-0.2, -0.15) is 15.2 Å². The quantitative estimate of drug-likeness (QED) is 0.847. The molecule has 6 nitrogen and oxygen atoms in total. The fourth-order valence-corrected chi connectivity index (χ4v) is 3.64. The lowest BCUT2D eigenvalue weighted by Crippen LogP contribution is -2.44. The fraction of sp³-hybridized carbons (Fsp3) is 0.500. The molecule has 3 rings (SSSR count). The molecule has 0 aliphatic carbocycles. The van der Waals surface area contributed by atoms with E-state index in [9.17, 15) is 4.79 Å². The van der Waals surface area contributed by atoms with Gasteiger partial charge in [0.15, 0.2) is 11.9 Å². The van der Waals surface area contributed by atoms with Gasteiger partial charge in [-0.05, 0) is 51.9 Å². The molecule has 2 aromatic rings. The minimum absolute atomic E-state index is 0.310. The van der Waals surface area contributed by atoms with E-state index in [4.69, 9.17) is 4.74 Å². The smallest absolute Gasteiger partial charge is 0.274 e. The van der Waals surface area contributed by atoms with Crippen molar-refractivity contribution in [1.82, 2.24) is 20.5 Å². The summed E-state index contributed by atoms with van der Waals surface area (Å²) in [5.41, 5.74) is 1.46. The Bertz CT molecular complexity index is 667. The van der Waals surface area contributed by atoms with E-state index in [1.54, 1.807) is 5.38 Å². The summed E-state index contributed by atoms with van der Waals surface area (Å²) in [5, 5.41) is 14.1. The van der Waals surface area contributed by atoms with Crippen molar-refractivity contribution >= 4 is 17.6 Å². The summed E-state index contributed by atoms with van der Waals surface area (Å²) in [6.07, 6.45) is 2.73. The van der Waals surface area contributed by atoms with E-state index in [1.165, 1.54) is 11.3 Å². The number of carbonyl (C=O) groups is 1. The lowest BCUT2D eigenvalue weighted by molar-refractivity contribution is 0.00202. The van der Waals surface area contributed by atoms with Gasteiger partial charge in [-0.25, -0.2) is 0 Å². The molecule has 0 radical (unpaired) electrons. The molecule has 1 atom stereocenters. The highest BCUT2D eigenvalue weighted by Gasteiger charge is 2.41. The summed E-state index contributed by atoms with van der Waals surface area (Å²) in [4.78, 5) is 15.1. The van der Waals surface area contributed by atoms with Gasteiger partial charge in [0.25, 0.3) is 5.19 Å². The first-order valence-corrected chi connectivity index (χ1v) is 8.61. The molecule has 1 saturated heterocycles. The number of carbonyl (C=O) groups excluding carboxylic acids is 1. The first kappa shape index (κ1) is 16.0. The van der Waals surface area contributed by atoms with E-state index in [0.717, 1.165) is 43.6 Å². The van der Waals surface area contributed by atoms with Crippen molar-refractivity contribution in [2.45, 2.75) is 32.3 Å². The lowest BCUT2D eigenvalue weighted by atomic mass is 9.79. The normalized spacial score (nSPS) is 18.3. The Hall–Kier alpha value is -1.86. The number of rotatable bonds is 5. The van der Waals surface area contributed by atoms with E-state index in [2.05, 4.69) is 20.5 Å². The zero-order valence-electron chi connectivity index (χ0n) is 13.3. The van der Waals surface area contributed by atoms with Crippen LogP contribution in [0, 0.1) is 12.8 Å². The Morgan fingerprint density at radius 1 is 1.35 bits per heavy atom. The lowest BCUT2D eigenvalue weighted by Gasteiger charge is -2.38. The number of ether oxygens (including phenoxy) is 1. The van der Waals surface area contributed by atoms with Crippen LogP contribution in [0.3, 0.4) is 0 Å². The standard InChI is InChI=1S/C16H20N4O2S/c1-11-3-4-14(20-19-11)16(2,12-5-7-17-8-6-12)22-15-18-13(9-21)10-23-15/h3-4,9-10,12,17H,5-8H2,1-2H3. The summed E-state index contributed by atoms with van der Waals surface area (Å²) in [6.45, 7) is 5.88. The summed E-state index contributed by atoms with van der Waals surface area (Å²) in [7, 11) is 0. The zero-order chi connectivity index (χ0) is 16.3. The third-order valence-electron chi connectivity index (χ3n) is 4.35. The monoisotopic (exact) mass is 332 g/mol. The molecule has 1 aliphatic rings. The summed E-state index contributed by atoms with van der Waals surface area (Å²) < 4.78 is 6.27. The second-order valence-corrected chi connectivity index (χ2v) is 6.77. The number of aldehydes is 1. The fourth-order valence-electron chi connectivity index (χ4n) is 2.93. The molecule has 23 heavy (non-hydrogen) atoms. The van der Waals surface area contributed by atoms with Gasteiger partial charge in [-0.1, -0.05) is 11.3 Å². The number of aryl methyl sites for hydroxylation is 1. The van der Waals surface area contributed by atoms with Gasteiger partial charge < -0.3 is 10.1 Å². The molecular weight excluding hydrogens is 312 g/mol. The van der Waals surface area contributed by atoms with Crippen LogP contribution in [0.15, 0.2) is 17.5 Å². The number of hydrogen-bond acceptors (Lipinski definition) is 7. The largest absolute Gasteiger partial charge is 0.457 e. The predicted molar refractivity (Wildman–Crippen MR) is 87.8 cm³/mol. The molecule has 7 heteroatoms. The van der Waals surface area contributed by atoms with E-state index in [0.29, 0.717) is 16.8 Å². The van der Waals surface area contributed by atoms with Gasteiger partial charge >= 0.3 is 0 Å². The molecule has 2 aromatic heterocycles. The van der Waals surface area contributed by atoms with Crippen molar-refractivity contribution in [1.29, 1.82) is 0 Å². The first-order valence-electron chi connectivity index (χ1n) is 7.73. The maximum Gasteiger partial charge on any atom is 0.274 e. The third-order valence-corrected chi connectivity index (χ3v) is 5.08. The van der Waals surface area contributed by atoms with Crippen LogP contribution in [0.1, 0.15) is 41.6 Å². The van der Waals surface area contributed by atoms with E-state index >= 15 is 0 Å². The van der Waals surface area contributed by atoms with Crippen molar-refractivity contribution in [2.75, 3.05) is 13.1 Å². The SMILES string of the molecule is Cc1ccc(C(C)(Oc2nc(C=O)cs2)C2CCNCC2)nn1. The Balaban J connectivity index is 1.94. The molecule has 0 spiro atoms. The van der Waals surface area contributed by atoms with Crippen molar-refractivity contribution in [3.8, 4) is 5.19 Å². The van der Waals surface area contributed by atoms with Crippen molar-refractivity contribution in [3.05, 3.63) is 34.6 Å². The van der Waals surface area contributed by atoms with Crippen LogP contribution < -0.4 is 10.1 Å².